The van der Waals surface area contributed by atoms with E-state index in [0.717, 1.165) is 28.1 Å². The molecule has 2 aromatic carbocycles. The molecule has 0 radical (unpaired) electrons. The highest BCUT2D eigenvalue weighted by Gasteiger charge is 2.39. The van der Waals surface area contributed by atoms with E-state index in [0.29, 0.717) is 10.9 Å². The van der Waals surface area contributed by atoms with Crippen LogP contribution >= 0.6 is 11.8 Å². The minimum Gasteiger partial charge on any atom is -0.467 e. The monoisotopic (exact) mass is 447 g/mol. The highest BCUT2D eigenvalue weighted by atomic mass is 32.2. The number of benzene rings is 2. The van der Waals surface area contributed by atoms with Gasteiger partial charge in [-0.05, 0) is 67.8 Å². The van der Waals surface area contributed by atoms with Gasteiger partial charge in [0, 0.05) is 12.1 Å². The Morgan fingerprint density at radius 1 is 1.09 bits per heavy atom. The number of rotatable bonds is 6. The zero-order valence-corrected chi connectivity index (χ0v) is 19.1. The van der Waals surface area contributed by atoms with Crippen LogP contribution in [0.4, 0.5) is 11.4 Å². The topological polar surface area (TPSA) is 74.9 Å². The van der Waals surface area contributed by atoms with E-state index in [4.69, 9.17) is 9.41 Å². The number of amides is 2. The summed E-state index contributed by atoms with van der Waals surface area (Å²) in [4.78, 5) is 32.3. The lowest BCUT2D eigenvalue weighted by Gasteiger charge is -2.15. The molecular weight excluding hydrogens is 422 g/mol. The van der Waals surface area contributed by atoms with Crippen molar-refractivity contribution in [1.29, 1.82) is 0 Å². The third kappa shape index (κ3) is 5.11. The van der Waals surface area contributed by atoms with Crippen molar-refractivity contribution in [3.05, 3.63) is 83.3 Å². The van der Waals surface area contributed by atoms with Crippen molar-refractivity contribution in [2.75, 3.05) is 5.32 Å². The molecule has 1 saturated heterocycles. The number of aliphatic imine (C=N–C) groups is 1. The van der Waals surface area contributed by atoms with Crippen molar-refractivity contribution >= 4 is 40.1 Å². The Bertz CT molecular complexity index is 1170. The van der Waals surface area contributed by atoms with Crippen LogP contribution in [0.15, 0.2) is 70.3 Å². The summed E-state index contributed by atoms with van der Waals surface area (Å²) in [6.07, 6.45) is 1.65. The van der Waals surface area contributed by atoms with Gasteiger partial charge in [0.2, 0.25) is 11.8 Å². The van der Waals surface area contributed by atoms with E-state index in [1.807, 2.05) is 69.3 Å². The van der Waals surface area contributed by atoms with E-state index in [1.54, 1.807) is 17.2 Å². The van der Waals surface area contributed by atoms with Gasteiger partial charge in [0.05, 0.1) is 18.5 Å². The average molecular weight is 448 g/mol. The summed E-state index contributed by atoms with van der Waals surface area (Å²) in [5, 5.41) is 2.98. The Kier molecular flexibility index (Phi) is 6.46. The molecule has 2 heterocycles. The molecular formula is C25H25N3O3S. The third-order valence-corrected chi connectivity index (χ3v) is 6.35. The number of aryl methyl sites for hydroxylation is 3. The molecule has 1 N–H and O–H groups in total. The SMILES string of the molecule is Cc1cccc(N=C2SC(CC(=O)Nc3cc(C)ccc3C)C(=O)N2Cc2ccco2)c1. The Labute approximate surface area is 191 Å². The normalized spacial score (nSPS) is 17.2. The number of nitrogens with one attached hydrogen (secondary N) is 1. The summed E-state index contributed by atoms with van der Waals surface area (Å²) in [5.74, 6) is 0.324. The maximum Gasteiger partial charge on any atom is 0.243 e. The van der Waals surface area contributed by atoms with E-state index < -0.39 is 5.25 Å². The molecule has 0 aliphatic carbocycles. The quantitative estimate of drug-likeness (QED) is 0.552. The Balaban J connectivity index is 1.54. The molecule has 4 rings (SSSR count). The third-order valence-electron chi connectivity index (χ3n) is 5.18. The van der Waals surface area contributed by atoms with E-state index >= 15 is 0 Å². The zero-order valence-electron chi connectivity index (χ0n) is 18.3. The molecule has 1 unspecified atom stereocenters. The maximum absolute atomic E-state index is 13.2. The predicted octanol–water partition coefficient (Wildman–Crippen LogP) is 5.37. The van der Waals surface area contributed by atoms with E-state index in [1.165, 1.54) is 11.8 Å². The van der Waals surface area contributed by atoms with Crippen LogP contribution in [0.2, 0.25) is 0 Å². The molecule has 7 heteroatoms. The first-order chi connectivity index (χ1) is 15.4. The molecule has 164 valence electrons. The lowest BCUT2D eigenvalue weighted by molar-refractivity contribution is -0.128. The van der Waals surface area contributed by atoms with Gasteiger partial charge < -0.3 is 9.73 Å². The van der Waals surface area contributed by atoms with Gasteiger partial charge in [0.1, 0.15) is 11.0 Å². The summed E-state index contributed by atoms with van der Waals surface area (Å²) in [6, 6.07) is 17.3. The van der Waals surface area contributed by atoms with Crippen LogP contribution in [0.3, 0.4) is 0 Å². The smallest absolute Gasteiger partial charge is 0.243 e. The Morgan fingerprint density at radius 2 is 1.91 bits per heavy atom. The molecule has 0 saturated carbocycles. The first kappa shape index (κ1) is 21.9. The second kappa shape index (κ2) is 9.44. The van der Waals surface area contributed by atoms with E-state index in [9.17, 15) is 9.59 Å². The second-order valence-electron chi connectivity index (χ2n) is 7.91. The van der Waals surface area contributed by atoms with Gasteiger partial charge in [-0.1, -0.05) is 36.0 Å². The van der Waals surface area contributed by atoms with Crippen molar-refractivity contribution in [1.82, 2.24) is 4.90 Å². The molecule has 6 nitrogen and oxygen atoms in total. The highest BCUT2D eigenvalue weighted by molar-refractivity contribution is 8.15. The van der Waals surface area contributed by atoms with Crippen molar-refractivity contribution < 1.29 is 14.0 Å². The van der Waals surface area contributed by atoms with Crippen molar-refractivity contribution in [2.45, 2.75) is 39.0 Å². The second-order valence-corrected chi connectivity index (χ2v) is 9.08. The van der Waals surface area contributed by atoms with Crippen LogP contribution in [0.1, 0.15) is 28.9 Å². The van der Waals surface area contributed by atoms with Gasteiger partial charge in [-0.25, -0.2) is 4.99 Å². The molecule has 32 heavy (non-hydrogen) atoms. The Morgan fingerprint density at radius 3 is 2.66 bits per heavy atom. The number of carbonyl (C=O) groups excluding carboxylic acids is 2. The highest BCUT2D eigenvalue weighted by Crippen LogP contribution is 2.33. The number of carbonyl (C=O) groups is 2. The molecule has 0 bridgehead atoms. The van der Waals surface area contributed by atoms with Gasteiger partial charge in [0.25, 0.3) is 0 Å². The molecule has 1 fully saturated rings. The van der Waals surface area contributed by atoms with Gasteiger partial charge in [-0.3, -0.25) is 14.5 Å². The average Bonchev–Trinajstić information content (AvgIpc) is 3.35. The summed E-state index contributed by atoms with van der Waals surface area (Å²) in [6.45, 7) is 6.20. The van der Waals surface area contributed by atoms with E-state index in [-0.39, 0.29) is 24.8 Å². The van der Waals surface area contributed by atoms with Crippen LogP contribution in [0, 0.1) is 20.8 Å². The fourth-order valence-electron chi connectivity index (χ4n) is 3.48. The number of nitrogens with zero attached hydrogens (tertiary/aromatic N) is 2. The van der Waals surface area contributed by atoms with Gasteiger partial charge in [-0.15, -0.1) is 0 Å². The molecule has 1 aromatic heterocycles. The predicted molar refractivity (Wildman–Crippen MR) is 128 cm³/mol. The first-order valence-electron chi connectivity index (χ1n) is 10.4. The fourth-order valence-corrected chi connectivity index (χ4v) is 4.63. The minimum absolute atomic E-state index is 0.0678. The number of hydrogen-bond acceptors (Lipinski definition) is 5. The number of amidine groups is 1. The molecule has 1 aliphatic heterocycles. The maximum atomic E-state index is 13.2. The largest absolute Gasteiger partial charge is 0.467 e. The summed E-state index contributed by atoms with van der Waals surface area (Å²) < 4.78 is 5.44. The summed E-state index contributed by atoms with van der Waals surface area (Å²) in [7, 11) is 0. The molecule has 2 amide bonds. The lowest BCUT2D eigenvalue weighted by atomic mass is 10.1. The first-order valence-corrected chi connectivity index (χ1v) is 11.3. The molecule has 1 atom stereocenters. The number of hydrogen-bond donors (Lipinski definition) is 1. The number of furan rings is 1. The van der Waals surface area contributed by atoms with Crippen LogP contribution in [0.25, 0.3) is 0 Å². The van der Waals surface area contributed by atoms with Crippen LogP contribution in [0.5, 0.6) is 0 Å². The Hall–Kier alpha value is -3.32. The van der Waals surface area contributed by atoms with Gasteiger partial charge in [-0.2, -0.15) is 0 Å². The van der Waals surface area contributed by atoms with Crippen LogP contribution in [-0.4, -0.2) is 27.1 Å². The van der Waals surface area contributed by atoms with Crippen LogP contribution in [-0.2, 0) is 16.1 Å². The van der Waals surface area contributed by atoms with Gasteiger partial charge >= 0.3 is 0 Å². The molecule has 3 aromatic rings. The van der Waals surface area contributed by atoms with Crippen molar-refractivity contribution in [3.8, 4) is 0 Å². The summed E-state index contributed by atoms with van der Waals surface area (Å²) >= 11 is 1.32. The van der Waals surface area contributed by atoms with E-state index in [2.05, 4.69) is 5.32 Å². The summed E-state index contributed by atoms with van der Waals surface area (Å²) in [5.41, 5.74) is 4.67. The zero-order chi connectivity index (χ0) is 22.7. The number of thioether (sulfide) groups is 1. The van der Waals surface area contributed by atoms with Crippen molar-refractivity contribution in [3.63, 3.8) is 0 Å². The van der Waals surface area contributed by atoms with Crippen LogP contribution < -0.4 is 5.32 Å². The molecule has 0 spiro atoms. The minimum atomic E-state index is -0.543. The number of anilines is 1. The molecule has 1 aliphatic rings. The lowest BCUT2D eigenvalue weighted by Crippen LogP contribution is -2.33. The van der Waals surface area contributed by atoms with Crippen molar-refractivity contribution in [2.24, 2.45) is 4.99 Å². The standard InChI is InChI=1S/C25H25N3O3S/c1-16-6-4-7-19(12-16)26-25-28(15-20-8-5-11-31-20)24(30)22(32-25)14-23(29)27-21-13-17(2)9-10-18(21)3/h4-13,22H,14-15H2,1-3H3,(H,27,29). The van der Waals surface area contributed by atoms with Gasteiger partial charge in [0.15, 0.2) is 5.17 Å². The fraction of sp³-hybridized carbons (Fsp3) is 0.240.